The SMILES string of the molecule is O=c1c2ccc(-c3ccccc3F)cc2nc2n1CCC1(CC2)OCCO1. The van der Waals surface area contributed by atoms with Crippen LogP contribution in [0.25, 0.3) is 22.0 Å². The smallest absolute Gasteiger partial charge is 0.261 e. The van der Waals surface area contributed by atoms with E-state index in [2.05, 4.69) is 0 Å². The molecular weight excluding hydrogens is 347 g/mol. The Morgan fingerprint density at radius 3 is 2.70 bits per heavy atom. The van der Waals surface area contributed by atoms with Crippen LogP contribution in [0.5, 0.6) is 0 Å². The van der Waals surface area contributed by atoms with Crippen molar-refractivity contribution >= 4 is 10.9 Å². The Morgan fingerprint density at radius 1 is 1.07 bits per heavy atom. The van der Waals surface area contributed by atoms with E-state index in [9.17, 15) is 9.18 Å². The van der Waals surface area contributed by atoms with E-state index >= 15 is 0 Å². The minimum atomic E-state index is -0.593. The fourth-order valence-corrected chi connectivity index (χ4v) is 4.05. The van der Waals surface area contributed by atoms with Crippen LogP contribution in [-0.2, 0) is 22.4 Å². The van der Waals surface area contributed by atoms with Gasteiger partial charge in [0.25, 0.3) is 5.56 Å². The maximum Gasteiger partial charge on any atom is 0.261 e. The second kappa shape index (κ2) is 6.25. The Balaban J connectivity index is 1.60. The van der Waals surface area contributed by atoms with Gasteiger partial charge in [-0.05, 0) is 23.8 Å². The summed E-state index contributed by atoms with van der Waals surface area (Å²) in [5, 5.41) is 0.544. The van der Waals surface area contributed by atoms with Crippen molar-refractivity contribution in [2.75, 3.05) is 13.2 Å². The van der Waals surface area contributed by atoms with Gasteiger partial charge < -0.3 is 9.47 Å². The molecule has 5 rings (SSSR count). The van der Waals surface area contributed by atoms with Gasteiger partial charge in [-0.3, -0.25) is 9.36 Å². The number of halogens is 1. The first-order valence-electron chi connectivity index (χ1n) is 9.22. The highest BCUT2D eigenvalue weighted by molar-refractivity contribution is 5.83. The standard InChI is InChI=1S/C21H19FN2O3/c22-17-4-2-1-3-15(17)14-5-6-16-18(13-14)23-19-7-8-21(26-11-12-27-21)9-10-24(19)20(16)25/h1-6,13H,7-12H2. The fraction of sp³-hybridized carbons (Fsp3) is 0.333. The summed E-state index contributed by atoms with van der Waals surface area (Å²) in [5.41, 5.74) is 1.74. The van der Waals surface area contributed by atoms with Crippen molar-refractivity contribution in [1.82, 2.24) is 9.55 Å². The molecule has 2 aliphatic heterocycles. The molecule has 0 N–H and O–H groups in total. The topological polar surface area (TPSA) is 53.4 Å². The molecule has 0 atom stereocenters. The van der Waals surface area contributed by atoms with Crippen molar-refractivity contribution in [2.45, 2.75) is 31.6 Å². The zero-order chi connectivity index (χ0) is 18.4. The Hall–Kier alpha value is -2.57. The maximum atomic E-state index is 14.1. The molecule has 6 heteroatoms. The number of nitrogens with zero attached hydrogens (tertiary/aromatic N) is 2. The summed E-state index contributed by atoms with van der Waals surface area (Å²) in [6.07, 6.45) is 1.92. The Bertz CT molecular complexity index is 1090. The second-order valence-corrected chi connectivity index (χ2v) is 7.05. The lowest BCUT2D eigenvalue weighted by molar-refractivity contribution is -0.165. The predicted octanol–water partition coefficient (Wildman–Crippen LogP) is 3.28. The summed E-state index contributed by atoms with van der Waals surface area (Å²) in [6.45, 7) is 1.70. The minimum Gasteiger partial charge on any atom is -0.347 e. The van der Waals surface area contributed by atoms with Gasteiger partial charge in [0, 0.05) is 31.4 Å². The summed E-state index contributed by atoms with van der Waals surface area (Å²) >= 11 is 0. The van der Waals surface area contributed by atoms with Crippen LogP contribution in [0.1, 0.15) is 18.7 Å². The highest BCUT2D eigenvalue weighted by Crippen LogP contribution is 2.32. The molecule has 1 spiro atoms. The van der Waals surface area contributed by atoms with Crippen LogP contribution >= 0.6 is 0 Å². The summed E-state index contributed by atoms with van der Waals surface area (Å²) in [6, 6.07) is 11.9. The molecule has 1 aromatic heterocycles. The van der Waals surface area contributed by atoms with Crippen LogP contribution in [0.4, 0.5) is 4.39 Å². The van der Waals surface area contributed by atoms with E-state index in [0.29, 0.717) is 61.1 Å². The van der Waals surface area contributed by atoms with Gasteiger partial charge in [0.2, 0.25) is 0 Å². The zero-order valence-electron chi connectivity index (χ0n) is 14.8. The van der Waals surface area contributed by atoms with Crippen molar-refractivity contribution in [3.8, 4) is 11.1 Å². The van der Waals surface area contributed by atoms with E-state index in [4.69, 9.17) is 14.5 Å². The molecule has 0 saturated carbocycles. The van der Waals surface area contributed by atoms with Gasteiger partial charge in [0.15, 0.2) is 5.79 Å². The van der Waals surface area contributed by atoms with Gasteiger partial charge in [-0.25, -0.2) is 9.37 Å². The van der Waals surface area contributed by atoms with Crippen LogP contribution in [0, 0.1) is 5.82 Å². The molecule has 5 nitrogen and oxygen atoms in total. The lowest BCUT2D eigenvalue weighted by Crippen LogP contribution is -2.31. The van der Waals surface area contributed by atoms with Crippen molar-refractivity contribution in [3.05, 3.63) is 64.5 Å². The first-order valence-corrected chi connectivity index (χ1v) is 9.22. The highest BCUT2D eigenvalue weighted by Gasteiger charge is 2.38. The lowest BCUT2D eigenvalue weighted by atomic mass is 10.0. The maximum absolute atomic E-state index is 14.1. The first-order chi connectivity index (χ1) is 13.2. The van der Waals surface area contributed by atoms with Gasteiger partial charge in [-0.1, -0.05) is 24.3 Å². The number of rotatable bonds is 1. The van der Waals surface area contributed by atoms with Crippen molar-refractivity contribution in [1.29, 1.82) is 0 Å². The van der Waals surface area contributed by atoms with E-state index in [0.717, 1.165) is 5.82 Å². The monoisotopic (exact) mass is 366 g/mol. The fourth-order valence-electron chi connectivity index (χ4n) is 4.05. The van der Waals surface area contributed by atoms with E-state index in [1.807, 2.05) is 0 Å². The molecule has 2 aromatic carbocycles. The third-order valence-electron chi connectivity index (χ3n) is 5.48. The molecule has 0 aliphatic carbocycles. The third-order valence-corrected chi connectivity index (χ3v) is 5.48. The lowest BCUT2D eigenvalue weighted by Gasteiger charge is -2.24. The van der Waals surface area contributed by atoms with Crippen LogP contribution in [0.3, 0.4) is 0 Å². The first kappa shape index (κ1) is 16.6. The van der Waals surface area contributed by atoms with E-state index in [1.54, 1.807) is 41.0 Å². The van der Waals surface area contributed by atoms with Crippen molar-refractivity contribution in [3.63, 3.8) is 0 Å². The van der Waals surface area contributed by atoms with Crippen molar-refractivity contribution < 1.29 is 13.9 Å². The molecule has 0 unspecified atom stereocenters. The van der Waals surface area contributed by atoms with Crippen LogP contribution < -0.4 is 5.56 Å². The molecular formula is C21H19FN2O3. The molecule has 0 bridgehead atoms. The zero-order valence-corrected chi connectivity index (χ0v) is 14.8. The average Bonchev–Trinajstić information content (AvgIpc) is 3.07. The molecule has 0 radical (unpaired) electrons. The predicted molar refractivity (Wildman–Crippen MR) is 99.0 cm³/mol. The van der Waals surface area contributed by atoms with Crippen LogP contribution in [0.15, 0.2) is 47.3 Å². The summed E-state index contributed by atoms with van der Waals surface area (Å²) in [4.78, 5) is 17.7. The van der Waals surface area contributed by atoms with E-state index < -0.39 is 5.79 Å². The largest absolute Gasteiger partial charge is 0.347 e. The highest BCUT2D eigenvalue weighted by atomic mass is 19.1. The number of hydrogen-bond donors (Lipinski definition) is 0. The van der Waals surface area contributed by atoms with Gasteiger partial charge in [0.05, 0.1) is 24.1 Å². The van der Waals surface area contributed by atoms with E-state index in [-0.39, 0.29) is 11.4 Å². The average molecular weight is 366 g/mol. The van der Waals surface area contributed by atoms with Gasteiger partial charge in [-0.15, -0.1) is 0 Å². The molecule has 138 valence electrons. The molecule has 0 amide bonds. The molecule has 27 heavy (non-hydrogen) atoms. The number of hydrogen-bond acceptors (Lipinski definition) is 4. The normalized spacial score (nSPS) is 18.6. The summed E-state index contributed by atoms with van der Waals surface area (Å²) in [5.74, 6) is -0.153. The molecule has 2 aliphatic rings. The molecule has 1 fully saturated rings. The van der Waals surface area contributed by atoms with E-state index in [1.165, 1.54) is 6.07 Å². The Labute approximate surface area is 155 Å². The van der Waals surface area contributed by atoms with Crippen LogP contribution in [0.2, 0.25) is 0 Å². The molecule has 3 heterocycles. The molecule has 3 aromatic rings. The number of ether oxygens (including phenoxy) is 2. The Morgan fingerprint density at radius 2 is 1.89 bits per heavy atom. The second-order valence-electron chi connectivity index (χ2n) is 7.05. The number of fused-ring (bicyclic) bond motifs is 2. The Kier molecular flexibility index (Phi) is 3.84. The number of benzene rings is 2. The van der Waals surface area contributed by atoms with Gasteiger partial charge >= 0.3 is 0 Å². The third kappa shape index (κ3) is 2.76. The minimum absolute atomic E-state index is 0.0647. The number of aromatic nitrogens is 2. The summed E-state index contributed by atoms with van der Waals surface area (Å²) < 4.78 is 27.5. The van der Waals surface area contributed by atoms with Gasteiger partial charge in [-0.2, -0.15) is 0 Å². The molecule has 1 saturated heterocycles. The van der Waals surface area contributed by atoms with Gasteiger partial charge in [0.1, 0.15) is 11.6 Å². The number of aryl methyl sites for hydroxylation is 1. The quantitative estimate of drug-likeness (QED) is 0.663. The summed E-state index contributed by atoms with van der Waals surface area (Å²) in [7, 11) is 0. The van der Waals surface area contributed by atoms with Crippen LogP contribution in [-0.4, -0.2) is 28.6 Å². The van der Waals surface area contributed by atoms with Crippen molar-refractivity contribution in [2.24, 2.45) is 0 Å².